The van der Waals surface area contributed by atoms with Crippen LogP contribution < -0.4 is 15.9 Å². The first-order valence-electron chi connectivity index (χ1n) is 11.0. The second-order valence-electron chi connectivity index (χ2n) is 7.99. The van der Waals surface area contributed by atoms with Crippen molar-refractivity contribution >= 4 is 30.0 Å². The third-order valence-electron chi connectivity index (χ3n) is 5.99. The molecule has 0 bridgehead atoms. The van der Waals surface area contributed by atoms with Crippen LogP contribution in [0.15, 0.2) is 89.9 Å². The lowest BCUT2D eigenvalue weighted by molar-refractivity contribution is 0.200. The molecule has 4 rings (SSSR count). The number of hydrogen-bond acceptors (Lipinski definition) is 2. The maximum Gasteiger partial charge on any atom is 0.0758 e. The van der Waals surface area contributed by atoms with Crippen LogP contribution in [0.2, 0.25) is 0 Å². The van der Waals surface area contributed by atoms with E-state index in [1.54, 1.807) is 0 Å². The highest BCUT2D eigenvalue weighted by Crippen LogP contribution is 2.34. The molecule has 1 saturated carbocycles. The maximum atomic E-state index is 9.98. The van der Waals surface area contributed by atoms with E-state index in [2.05, 4.69) is 84.9 Å². The molecule has 0 amide bonds. The van der Waals surface area contributed by atoms with Gasteiger partial charge in [0.2, 0.25) is 0 Å². The van der Waals surface area contributed by atoms with E-state index in [1.165, 1.54) is 48.0 Å². The molecule has 0 spiro atoms. The molecule has 0 aliphatic heterocycles. The van der Waals surface area contributed by atoms with Crippen LogP contribution in [0.1, 0.15) is 37.7 Å². The fraction of sp³-hybridized carbons (Fsp3) is 0.296. The van der Waals surface area contributed by atoms with Gasteiger partial charge in [0.25, 0.3) is 0 Å². The van der Waals surface area contributed by atoms with Gasteiger partial charge in [-0.25, -0.2) is 0 Å². The van der Waals surface area contributed by atoms with Crippen molar-refractivity contribution in [3.8, 4) is 0 Å². The zero-order chi connectivity index (χ0) is 20.6. The maximum absolute atomic E-state index is 9.98. The molecule has 3 heteroatoms. The summed E-state index contributed by atoms with van der Waals surface area (Å²) in [5.41, 5.74) is 1.16. The Balaban J connectivity index is 1.70. The number of benzene rings is 3. The van der Waals surface area contributed by atoms with Gasteiger partial charge in [-0.2, -0.15) is 0 Å². The SMILES string of the molecule is OC[C@H](N=Cc1ccccc1P(c1ccccc1)c1ccccc1)C1CCCCC1. The molecular formula is C27H30NOP. The van der Waals surface area contributed by atoms with E-state index < -0.39 is 7.92 Å². The highest BCUT2D eigenvalue weighted by Gasteiger charge is 2.23. The molecule has 1 aliphatic rings. The van der Waals surface area contributed by atoms with E-state index in [-0.39, 0.29) is 12.6 Å². The molecule has 1 fully saturated rings. The number of rotatable bonds is 7. The molecule has 0 aromatic heterocycles. The highest BCUT2D eigenvalue weighted by molar-refractivity contribution is 7.80. The van der Waals surface area contributed by atoms with Crippen LogP contribution in [0, 0.1) is 5.92 Å². The van der Waals surface area contributed by atoms with Crippen molar-refractivity contribution in [2.45, 2.75) is 38.1 Å². The monoisotopic (exact) mass is 415 g/mol. The number of aliphatic hydroxyl groups is 1. The average molecular weight is 416 g/mol. The van der Waals surface area contributed by atoms with Crippen LogP contribution in [0.25, 0.3) is 0 Å². The zero-order valence-electron chi connectivity index (χ0n) is 17.4. The Morgan fingerprint density at radius 1 is 0.800 bits per heavy atom. The molecule has 1 N–H and O–H groups in total. The molecular weight excluding hydrogens is 385 g/mol. The van der Waals surface area contributed by atoms with Gasteiger partial charge in [0.05, 0.1) is 12.6 Å². The van der Waals surface area contributed by atoms with Gasteiger partial charge >= 0.3 is 0 Å². The van der Waals surface area contributed by atoms with Crippen molar-refractivity contribution in [1.82, 2.24) is 0 Å². The van der Waals surface area contributed by atoms with E-state index in [0.29, 0.717) is 5.92 Å². The van der Waals surface area contributed by atoms with Gasteiger partial charge in [0.1, 0.15) is 0 Å². The summed E-state index contributed by atoms with van der Waals surface area (Å²) < 4.78 is 0. The quantitative estimate of drug-likeness (QED) is 0.436. The second-order valence-corrected chi connectivity index (χ2v) is 10.2. The van der Waals surface area contributed by atoms with Gasteiger partial charge in [-0.1, -0.05) is 104 Å². The van der Waals surface area contributed by atoms with E-state index in [1.807, 2.05) is 6.21 Å². The van der Waals surface area contributed by atoms with Crippen LogP contribution in [0.5, 0.6) is 0 Å². The Labute approximate surface area is 181 Å². The zero-order valence-corrected chi connectivity index (χ0v) is 18.3. The molecule has 0 unspecified atom stereocenters. The molecule has 0 saturated heterocycles. The molecule has 0 heterocycles. The minimum atomic E-state index is -0.670. The van der Waals surface area contributed by atoms with Gasteiger partial charge in [-0.3, -0.25) is 4.99 Å². The van der Waals surface area contributed by atoms with Crippen molar-refractivity contribution in [3.05, 3.63) is 90.5 Å². The predicted molar refractivity (Wildman–Crippen MR) is 130 cm³/mol. The summed E-state index contributed by atoms with van der Waals surface area (Å²) in [6.07, 6.45) is 8.24. The van der Waals surface area contributed by atoms with Crippen LogP contribution in [-0.2, 0) is 0 Å². The largest absolute Gasteiger partial charge is 0.394 e. The topological polar surface area (TPSA) is 32.6 Å². The fourth-order valence-electron chi connectivity index (χ4n) is 4.39. The van der Waals surface area contributed by atoms with Crippen LogP contribution >= 0.6 is 7.92 Å². The molecule has 3 aromatic rings. The number of hydrogen-bond donors (Lipinski definition) is 1. The van der Waals surface area contributed by atoms with E-state index >= 15 is 0 Å². The Hall–Kier alpha value is -2.28. The minimum Gasteiger partial charge on any atom is -0.394 e. The van der Waals surface area contributed by atoms with Crippen LogP contribution in [-0.4, -0.2) is 24.0 Å². The third-order valence-corrected chi connectivity index (χ3v) is 8.51. The van der Waals surface area contributed by atoms with Gasteiger partial charge in [-0.15, -0.1) is 0 Å². The van der Waals surface area contributed by atoms with Gasteiger partial charge in [0.15, 0.2) is 0 Å². The highest BCUT2D eigenvalue weighted by atomic mass is 31.1. The summed E-state index contributed by atoms with van der Waals surface area (Å²) in [4.78, 5) is 4.90. The molecule has 1 aliphatic carbocycles. The van der Waals surface area contributed by atoms with Crippen LogP contribution in [0.4, 0.5) is 0 Å². The lowest BCUT2D eigenvalue weighted by atomic mass is 9.84. The standard InChI is InChI=1S/C27H30NOP/c29-21-26(22-12-4-1-5-13-22)28-20-23-14-10-11-19-27(23)30(24-15-6-2-7-16-24)25-17-8-3-9-18-25/h2-3,6-11,14-20,22,26,29H,1,4-5,12-13,21H2/t26-/m0/s1. The smallest absolute Gasteiger partial charge is 0.0758 e. The van der Waals surface area contributed by atoms with Gasteiger partial charge in [0, 0.05) is 11.8 Å². The van der Waals surface area contributed by atoms with Gasteiger partial charge in [-0.05, 0) is 42.6 Å². The molecule has 1 atom stereocenters. The average Bonchev–Trinajstić information content (AvgIpc) is 2.83. The van der Waals surface area contributed by atoms with Crippen molar-refractivity contribution < 1.29 is 5.11 Å². The van der Waals surface area contributed by atoms with E-state index in [4.69, 9.17) is 4.99 Å². The predicted octanol–water partition coefficient (Wildman–Crippen LogP) is 4.80. The molecule has 2 nitrogen and oxygen atoms in total. The fourth-order valence-corrected chi connectivity index (χ4v) is 6.82. The summed E-state index contributed by atoms with van der Waals surface area (Å²) in [6, 6.07) is 30.2. The second kappa shape index (κ2) is 10.7. The summed E-state index contributed by atoms with van der Waals surface area (Å²) >= 11 is 0. The summed E-state index contributed by atoms with van der Waals surface area (Å²) in [7, 11) is -0.670. The van der Waals surface area contributed by atoms with Crippen molar-refractivity contribution in [3.63, 3.8) is 0 Å². The minimum absolute atomic E-state index is 0.0121. The van der Waals surface area contributed by atoms with Crippen molar-refractivity contribution in [2.75, 3.05) is 6.61 Å². The molecule has 154 valence electrons. The molecule has 30 heavy (non-hydrogen) atoms. The first kappa shape index (κ1) is 21.0. The normalized spacial score (nSPS) is 16.2. The lowest BCUT2D eigenvalue weighted by Crippen LogP contribution is -2.26. The van der Waals surface area contributed by atoms with Crippen molar-refractivity contribution in [2.24, 2.45) is 10.9 Å². The Morgan fingerprint density at radius 2 is 1.37 bits per heavy atom. The number of aliphatic imine (C=N–C) groups is 1. The summed E-state index contributed by atoms with van der Waals surface area (Å²) in [6.45, 7) is 0.134. The number of nitrogens with zero attached hydrogens (tertiary/aromatic N) is 1. The van der Waals surface area contributed by atoms with Crippen LogP contribution in [0.3, 0.4) is 0 Å². The van der Waals surface area contributed by atoms with Gasteiger partial charge < -0.3 is 5.11 Å². The molecule has 0 radical (unpaired) electrons. The Morgan fingerprint density at radius 3 is 1.97 bits per heavy atom. The Kier molecular flexibility index (Phi) is 7.45. The van der Waals surface area contributed by atoms with E-state index in [0.717, 1.165) is 5.56 Å². The number of aliphatic hydroxyl groups excluding tert-OH is 1. The third kappa shape index (κ3) is 5.06. The first-order chi connectivity index (χ1) is 14.9. The first-order valence-corrected chi connectivity index (χ1v) is 12.3. The molecule has 3 aromatic carbocycles. The summed E-state index contributed by atoms with van der Waals surface area (Å²) in [5.74, 6) is 0.511. The lowest BCUT2D eigenvalue weighted by Gasteiger charge is -2.26. The summed E-state index contributed by atoms with van der Waals surface area (Å²) in [5, 5.41) is 14.0. The van der Waals surface area contributed by atoms with E-state index in [9.17, 15) is 5.11 Å². The Bertz CT molecular complexity index is 896. The van der Waals surface area contributed by atoms with Crippen molar-refractivity contribution in [1.29, 1.82) is 0 Å².